The van der Waals surface area contributed by atoms with E-state index >= 15 is 0 Å². The van der Waals surface area contributed by atoms with Crippen molar-refractivity contribution in [1.29, 1.82) is 0 Å². The Morgan fingerprint density at radius 3 is 2.57 bits per heavy atom. The van der Waals surface area contributed by atoms with Crippen LogP contribution in [0.15, 0.2) is 42.6 Å². The van der Waals surface area contributed by atoms with Gasteiger partial charge in [-0.1, -0.05) is 18.2 Å². The minimum absolute atomic E-state index is 0.102. The fourth-order valence-electron chi connectivity index (χ4n) is 2.73. The number of carbonyl (C=O) groups excluding carboxylic acids is 1. The monoisotopic (exact) mass is 315 g/mol. The van der Waals surface area contributed by atoms with Gasteiger partial charge in [0.2, 0.25) is 0 Å². The Bertz CT molecular complexity index is 685. The van der Waals surface area contributed by atoms with Crippen molar-refractivity contribution in [3.63, 3.8) is 0 Å². The molecule has 1 amide bonds. The van der Waals surface area contributed by atoms with Crippen molar-refractivity contribution in [1.82, 2.24) is 9.88 Å². The summed E-state index contributed by atoms with van der Waals surface area (Å²) in [5.74, 6) is -0.491. The molecule has 2 heterocycles. The molecule has 23 heavy (non-hydrogen) atoms. The molecule has 0 aliphatic carbocycles. The number of aliphatic hydroxyl groups is 1. The van der Waals surface area contributed by atoms with Gasteiger partial charge in [0.1, 0.15) is 5.69 Å². The molecule has 1 aliphatic rings. The number of carbonyl (C=O) groups is 1. The molecule has 0 saturated carbocycles. The number of hydrogen-bond acceptors (Lipinski definition) is 4. The lowest BCUT2D eigenvalue weighted by Gasteiger charge is -2.36. The van der Waals surface area contributed by atoms with Gasteiger partial charge in [0.25, 0.3) is 5.91 Å². The standard InChI is InChI=1S/C17H18FN3O2/c18-16-13(12-22)4-3-6-15(16)20-8-10-21(11-9-20)17(23)14-5-1-2-7-19-14/h1-7,22H,8-12H2. The number of piperazine rings is 1. The highest BCUT2D eigenvalue weighted by Gasteiger charge is 2.24. The summed E-state index contributed by atoms with van der Waals surface area (Å²) in [6.07, 6.45) is 1.60. The molecule has 120 valence electrons. The van der Waals surface area contributed by atoms with Gasteiger partial charge >= 0.3 is 0 Å². The van der Waals surface area contributed by atoms with E-state index in [0.29, 0.717) is 37.6 Å². The highest BCUT2D eigenvalue weighted by molar-refractivity contribution is 5.92. The highest BCUT2D eigenvalue weighted by Crippen LogP contribution is 2.23. The Morgan fingerprint density at radius 1 is 1.13 bits per heavy atom. The molecule has 1 aromatic heterocycles. The second-order valence-corrected chi connectivity index (χ2v) is 5.40. The van der Waals surface area contributed by atoms with Gasteiger partial charge in [0.05, 0.1) is 12.3 Å². The van der Waals surface area contributed by atoms with Crippen LogP contribution in [0.4, 0.5) is 10.1 Å². The molecule has 2 aromatic rings. The zero-order valence-electron chi connectivity index (χ0n) is 12.7. The van der Waals surface area contributed by atoms with Gasteiger partial charge in [-0.25, -0.2) is 4.39 Å². The lowest BCUT2D eigenvalue weighted by Crippen LogP contribution is -2.49. The van der Waals surface area contributed by atoms with Crippen LogP contribution in [0.5, 0.6) is 0 Å². The quantitative estimate of drug-likeness (QED) is 0.936. The Morgan fingerprint density at radius 2 is 1.91 bits per heavy atom. The summed E-state index contributed by atoms with van der Waals surface area (Å²) < 4.78 is 14.3. The summed E-state index contributed by atoms with van der Waals surface area (Å²) in [6, 6.07) is 10.2. The van der Waals surface area contributed by atoms with Crippen LogP contribution in [0.1, 0.15) is 16.1 Å². The number of halogens is 1. The minimum atomic E-state index is -0.389. The van der Waals surface area contributed by atoms with Crippen LogP contribution >= 0.6 is 0 Å². The third kappa shape index (κ3) is 3.17. The molecule has 0 spiro atoms. The van der Waals surface area contributed by atoms with Crippen LogP contribution in [0.3, 0.4) is 0 Å². The van der Waals surface area contributed by atoms with E-state index in [9.17, 15) is 9.18 Å². The van der Waals surface area contributed by atoms with E-state index in [1.807, 2.05) is 4.90 Å². The summed E-state index contributed by atoms with van der Waals surface area (Å²) in [4.78, 5) is 20.1. The summed E-state index contributed by atoms with van der Waals surface area (Å²) >= 11 is 0. The second-order valence-electron chi connectivity index (χ2n) is 5.40. The van der Waals surface area contributed by atoms with Gasteiger partial charge in [-0.05, 0) is 18.2 Å². The third-order valence-corrected chi connectivity index (χ3v) is 4.02. The van der Waals surface area contributed by atoms with Crippen molar-refractivity contribution in [3.8, 4) is 0 Å². The first kappa shape index (κ1) is 15.4. The summed E-state index contributed by atoms with van der Waals surface area (Å²) in [5.41, 5.74) is 1.19. The Labute approximate surface area is 134 Å². The van der Waals surface area contributed by atoms with Crippen LogP contribution in [0.2, 0.25) is 0 Å². The smallest absolute Gasteiger partial charge is 0.272 e. The van der Waals surface area contributed by atoms with Crippen molar-refractivity contribution < 1.29 is 14.3 Å². The van der Waals surface area contributed by atoms with Gasteiger partial charge in [-0.2, -0.15) is 0 Å². The van der Waals surface area contributed by atoms with Crippen LogP contribution < -0.4 is 4.90 Å². The molecule has 1 aliphatic heterocycles. The van der Waals surface area contributed by atoms with Crippen molar-refractivity contribution >= 4 is 11.6 Å². The molecule has 6 heteroatoms. The van der Waals surface area contributed by atoms with Crippen LogP contribution in [0.25, 0.3) is 0 Å². The maximum Gasteiger partial charge on any atom is 0.272 e. The van der Waals surface area contributed by atoms with E-state index < -0.39 is 0 Å². The molecule has 5 nitrogen and oxygen atoms in total. The first-order valence-electron chi connectivity index (χ1n) is 7.54. The minimum Gasteiger partial charge on any atom is -0.392 e. The first-order chi connectivity index (χ1) is 11.2. The fraction of sp³-hybridized carbons (Fsp3) is 0.294. The molecule has 1 aromatic carbocycles. The zero-order chi connectivity index (χ0) is 16.2. The largest absolute Gasteiger partial charge is 0.392 e. The van der Waals surface area contributed by atoms with E-state index in [0.717, 1.165) is 0 Å². The molecule has 1 fully saturated rings. The van der Waals surface area contributed by atoms with E-state index in [-0.39, 0.29) is 23.9 Å². The van der Waals surface area contributed by atoms with Crippen molar-refractivity contribution in [3.05, 3.63) is 59.7 Å². The molecule has 0 radical (unpaired) electrons. The first-order valence-corrected chi connectivity index (χ1v) is 7.54. The van der Waals surface area contributed by atoms with Crippen LogP contribution in [-0.4, -0.2) is 47.1 Å². The van der Waals surface area contributed by atoms with E-state index in [2.05, 4.69) is 4.98 Å². The molecule has 0 atom stereocenters. The average molecular weight is 315 g/mol. The SMILES string of the molecule is O=C(c1ccccn1)N1CCN(c2cccc(CO)c2F)CC1. The normalized spacial score (nSPS) is 14.9. The van der Waals surface area contributed by atoms with Gasteiger partial charge < -0.3 is 14.9 Å². The predicted molar refractivity (Wildman–Crippen MR) is 84.7 cm³/mol. The molecular weight excluding hydrogens is 297 g/mol. The Kier molecular flexibility index (Phi) is 4.52. The lowest BCUT2D eigenvalue weighted by molar-refractivity contribution is 0.0740. The molecule has 0 bridgehead atoms. The summed E-state index contributed by atoms with van der Waals surface area (Å²) in [5, 5.41) is 9.16. The van der Waals surface area contributed by atoms with Crippen molar-refractivity contribution in [2.24, 2.45) is 0 Å². The molecular formula is C17H18FN3O2. The van der Waals surface area contributed by atoms with E-state index in [1.54, 1.807) is 47.5 Å². The molecule has 1 saturated heterocycles. The number of rotatable bonds is 3. The van der Waals surface area contributed by atoms with Crippen LogP contribution in [-0.2, 0) is 6.61 Å². The molecule has 0 unspecified atom stereocenters. The maximum absolute atomic E-state index is 14.3. The van der Waals surface area contributed by atoms with Gasteiger partial charge in [-0.3, -0.25) is 9.78 Å². The number of nitrogens with zero attached hydrogens (tertiary/aromatic N) is 3. The van der Waals surface area contributed by atoms with E-state index in [4.69, 9.17) is 5.11 Å². The third-order valence-electron chi connectivity index (χ3n) is 4.02. The lowest BCUT2D eigenvalue weighted by atomic mass is 10.1. The molecule has 3 rings (SSSR count). The Hall–Kier alpha value is -2.47. The zero-order valence-corrected chi connectivity index (χ0v) is 12.7. The number of pyridine rings is 1. The Balaban J connectivity index is 1.68. The van der Waals surface area contributed by atoms with Gasteiger partial charge in [-0.15, -0.1) is 0 Å². The van der Waals surface area contributed by atoms with Gasteiger partial charge in [0.15, 0.2) is 5.82 Å². The second kappa shape index (κ2) is 6.75. The number of amides is 1. The summed E-state index contributed by atoms with van der Waals surface area (Å²) in [7, 11) is 0. The predicted octanol–water partition coefficient (Wildman–Crippen LogP) is 1.68. The fourth-order valence-corrected chi connectivity index (χ4v) is 2.73. The highest BCUT2D eigenvalue weighted by atomic mass is 19.1. The van der Waals surface area contributed by atoms with Gasteiger partial charge in [0, 0.05) is 37.9 Å². The van der Waals surface area contributed by atoms with Crippen molar-refractivity contribution in [2.75, 3.05) is 31.1 Å². The number of hydrogen-bond donors (Lipinski definition) is 1. The number of anilines is 1. The van der Waals surface area contributed by atoms with Crippen molar-refractivity contribution in [2.45, 2.75) is 6.61 Å². The number of aromatic nitrogens is 1. The maximum atomic E-state index is 14.3. The topological polar surface area (TPSA) is 56.7 Å². The van der Waals surface area contributed by atoms with E-state index in [1.165, 1.54) is 0 Å². The summed E-state index contributed by atoms with van der Waals surface area (Å²) in [6.45, 7) is 1.79. The number of benzene rings is 1. The number of aliphatic hydroxyl groups excluding tert-OH is 1. The van der Waals surface area contributed by atoms with Crippen LogP contribution in [0, 0.1) is 5.82 Å². The average Bonchev–Trinajstić information content (AvgIpc) is 2.62. The molecule has 1 N–H and O–H groups in total.